The highest BCUT2D eigenvalue weighted by atomic mass is 32.1. The van der Waals surface area contributed by atoms with Crippen molar-refractivity contribution in [2.75, 3.05) is 0 Å². The van der Waals surface area contributed by atoms with Gasteiger partial charge >= 0.3 is 0 Å². The number of aromatic nitrogens is 4. The minimum absolute atomic E-state index is 0.000932. The van der Waals surface area contributed by atoms with Gasteiger partial charge in [-0.25, -0.2) is 14.4 Å². The zero-order valence-corrected chi connectivity index (χ0v) is 14.5. The van der Waals surface area contributed by atoms with Gasteiger partial charge in [0.2, 0.25) is 0 Å². The average Bonchev–Trinajstić information content (AvgIpc) is 3.06. The Kier molecular flexibility index (Phi) is 4.18. The summed E-state index contributed by atoms with van der Waals surface area (Å²) in [6.45, 7) is 1.90. The first-order valence-corrected chi connectivity index (χ1v) is 8.67. The van der Waals surface area contributed by atoms with E-state index in [0.717, 1.165) is 5.01 Å². The highest BCUT2D eigenvalue weighted by Crippen LogP contribution is 2.25. The Labute approximate surface area is 151 Å². The molecule has 0 aliphatic rings. The first-order chi connectivity index (χ1) is 12.6. The van der Waals surface area contributed by atoms with Gasteiger partial charge < -0.3 is 9.72 Å². The van der Waals surface area contributed by atoms with Gasteiger partial charge in [0.25, 0.3) is 5.56 Å². The van der Waals surface area contributed by atoms with Gasteiger partial charge in [0, 0.05) is 17.6 Å². The van der Waals surface area contributed by atoms with E-state index < -0.39 is 5.82 Å². The summed E-state index contributed by atoms with van der Waals surface area (Å²) < 4.78 is 18.8. The molecule has 0 radical (unpaired) electrons. The van der Waals surface area contributed by atoms with Crippen molar-refractivity contribution in [1.82, 2.24) is 19.9 Å². The molecular formula is C18H13FN4O2S. The van der Waals surface area contributed by atoms with Crippen molar-refractivity contribution in [3.05, 3.63) is 68.9 Å². The van der Waals surface area contributed by atoms with E-state index >= 15 is 0 Å². The molecular weight excluding hydrogens is 355 g/mol. The molecule has 0 fully saturated rings. The molecule has 0 spiro atoms. The van der Waals surface area contributed by atoms with Crippen molar-refractivity contribution < 1.29 is 9.13 Å². The molecule has 0 aliphatic carbocycles. The van der Waals surface area contributed by atoms with Crippen LogP contribution < -0.4 is 10.3 Å². The third-order valence-electron chi connectivity index (χ3n) is 3.71. The molecule has 0 saturated carbocycles. The number of aromatic amines is 1. The second-order valence-electron chi connectivity index (χ2n) is 5.57. The van der Waals surface area contributed by atoms with Crippen LogP contribution in [0.4, 0.5) is 4.39 Å². The van der Waals surface area contributed by atoms with Gasteiger partial charge in [-0.1, -0.05) is 6.07 Å². The summed E-state index contributed by atoms with van der Waals surface area (Å²) in [6, 6.07) is 7.39. The molecule has 26 heavy (non-hydrogen) atoms. The van der Waals surface area contributed by atoms with Crippen LogP contribution in [0, 0.1) is 12.7 Å². The first kappa shape index (κ1) is 16.3. The Hall–Kier alpha value is -3.13. The molecule has 130 valence electrons. The van der Waals surface area contributed by atoms with Crippen molar-refractivity contribution in [2.24, 2.45) is 0 Å². The molecule has 4 rings (SSSR count). The number of rotatable bonds is 4. The van der Waals surface area contributed by atoms with E-state index in [1.807, 2.05) is 12.3 Å². The van der Waals surface area contributed by atoms with Gasteiger partial charge in [-0.2, -0.15) is 0 Å². The number of benzene rings is 1. The average molecular weight is 368 g/mol. The minimum atomic E-state index is -0.396. The van der Waals surface area contributed by atoms with Crippen molar-refractivity contribution in [1.29, 1.82) is 0 Å². The van der Waals surface area contributed by atoms with Crippen LogP contribution in [0.15, 0.2) is 46.7 Å². The largest absolute Gasteiger partial charge is 0.486 e. The molecule has 3 aromatic heterocycles. The fraction of sp³-hybridized carbons (Fsp3) is 0.111. The highest BCUT2D eigenvalue weighted by molar-refractivity contribution is 7.09. The zero-order chi connectivity index (χ0) is 18.1. The van der Waals surface area contributed by atoms with Crippen LogP contribution in [-0.2, 0) is 6.61 Å². The summed E-state index contributed by atoms with van der Waals surface area (Å²) in [7, 11) is 0. The number of hydrogen-bond acceptors (Lipinski definition) is 6. The van der Waals surface area contributed by atoms with Crippen LogP contribution in [-0.4, -0.2) is 19.9 Å². The molecule has 3 heterocycles. The van der Waals surface area contributed by atoms with E-state index in [1.165, 1.54) is 23.5 Å². The van der Waals surface area contributed by atoms with Crippen LogP contribution in [0.5, 0.6) is 5.75 Å². The fourth-order valence-corrected chi connectivity index (χ4v) is 3.15. The number of fused-ring (bicyclic) bond motifs is 1. The fourth-order valence-electron chi connectivity index (χ4n) is 2.55. The number of ether oxygens (including phenoxy) is 1. The van der Waals surface area contributed by atoms with Crippen LogP contribution in [0.25, 0.3) is 22.3 Å². The van der Waals surface area contributed by atoms with E-state index in [9.17, 15) is 9.18 Å². The smallest absolute Gasteiger partial charge is 0.258 e. The van der Waals surface area contributed by atoms with E-state index in [2.05, 4.69) is 19.9 Å². The number of pyridine rings is 1. The third-order valence-corrected chi connectivity index (χ3v) is 4.48. The van der Waals surface area contributed by atoms with E-state index in [0.29, 0.717) is 33.9 Å². The Morgan fingerprint density at radius 1 is 1.27 bits per heavy atom. The number of halogens is 1. The summed E-state index contributed by atoms with van der Waals surface area (Å²) in [4.78, 5) is 28.3. The highest BCUT2D eigenvalue weighted by Gasteiger charge is 2.13. The third kappa shape index (κ3) is 3.18. The Bertz CT molecular complexity index is 1160. The second-order valence-corrected chi connectivity index (χ2v) is 6.63. The zero-order valence-electron chi connectivity index (χ0n) is 13.7. The summed E-state index contributed by atoms with van der Waals surface area (Å²) in [6.07, 6.45) is 1.56. The van der Waals surface area contributed by atoms with E-state index in [-0.39, 0.29) is 12.2 Å². The van der Waals surface area contributed by atoms with Crippen LogP contribution in [0.2, 0.25) is 0 Å². The summed E-state index contributed by atoms with van der Waals surface area (Å²) in [5.41, 5.74) is 1.39. The van der Waals surface area contributed by atoms with Crippen LogP contribution in [0.1, 0.15) is 10.8 Å². The van der Waals surface area contributed by atoms with Gasteiger partial charge in [0.1, 0.15) is 40.9 Å². The summed E-state index contributed by atoms with van der Waals surface area (Å²) >= 11 is 1.50. The van der Waals surface area contributed by atoms with E-state index in [4.69, 9.17) is 4.74 Å². The van der Waals surface area contributed by atoms with Gasteiger partial charge in [-0.3, -0.25) is 9.78 Å². The molecule has 1 aromatic carbocycles. The number of H-pyrrole nitrogens is 1. The minimum Gasteiger partial charge on any atom is -0.486 e. The molecule has 6 nitrogen and oxygen atoms in total. The quantitative estimate of drug-likeness (QED) is 0.597. The standard InChI is InChI=1S/C18H13FN4O2S/c1-10-21-14(9-26-10)17-16-13(5-6-20-17)18(24)23-15(22-16)8-25-12-4-2-3-11(19)7-12/h2-7,9H,8H2,1H3,(H,22,23,24). The summed E-state index contributed by atoms with van der Waals surface area (Å²) in [5.74, 6) is 0.287. The number of hydrogen-bond donors (Lipinski definition) is 1. The molecule has 0 saturated heterocycles. The van der Waals surface area contributed by atoms with Gasteiger partial charge in [-0.05, 0) is 25.1 Å². The van der Waals surface area contributed by atoms with Crippen molar-refractivity contribution >= 4 is 22.2 Å². The van der Waals surface area contributed by atoms with Crippen LogP contribution >= 0.6 is 11.3 Å². The topological polar surface area (TPSA) is 80.8 Å². The molecule has 8 heteroatoms. The van der Waals surface area contributed by atoms with Gasteiger partial charge in [0.15, 0.2) is 0 Å². The van der Waals surface area contributed by atoms with Crippen LogP contribution in [0.3, 0.4) is 0 Å². The normalized spacial score (nSPS) is 11.0. The second kappa shape index (κ2) is 6.64. The lowest BCUT2D eigenvalue weighted by Crippen LogP contribution is -2.14. The maximum atomic E-state index is 13.2. The Morgan fingerprint density at radius 2 is 2.15 bits per heavy atom. The molecule has 0 bridgehead atoms. The molecule has 1 N–H and O–H groups in total. The molecule has 0 unspecified atom stereocenters. The van der Waals surface area contributed by atoms with Crippen molar-refractivity contribution in [3.8, 4) is 17.1 Å². The number of aryl methyl sites for hydroxylation is 1. The maximum Gasteiger partial charge on any atom is 0.258 e. The predicted octanol–water partition coefficient (Wildman–Crippen LogP) is 3.47. The number of nitrogens with zero attached hydrogens (tertiary/aromatic N) is 3. The molecule has 0 amide bonds. The van der Waals surface area contributed by atoms with Crippen molar-refractivity contribution in [3.63, 3.8) is 0 Å². The van der Waals surface area contributed by atoms with Crippen molar-refractivity contribution in [2.45, 2.75) is 13.5 Å². The lowest BCUT2D eigenvalue weighted by atomic mass is 10.2. The maximum absolute atomic E-state index is 13.2. The summed E-state index contributed by atoms with van der Waals surface area (Å²) in [5, 5.41) is 3.21. The molecule has 0 aliphatic heterocycles. The SMILES string of the molecule is Cc1nc(-c2nccc3c(=O)[nH]c(COc4cccc(F)c4)nc23)cs1. The number of nitrogens with one attached hydrogen (secondary N) is 1. The Morgan fingerprint density at radius 3 is 2.92 bits per heavy atom. The monoisotopic (exact) mass is 368 g/mol. The van der Waals surface area contributed by atoms with Gasteiger partial charge in [-0.15, -0.1) is 11.3 Å². The lowest BCUT2D eigenvalue weighted by molar-refractivity contribution is 0.294. The molecule has 0 atom stereocenters. The Balaban J connectivity index is 1.74. The van der Waals surface area contributed by atoms with Gasteiger partial charge in [0.05, 0.1) is 10.4 Å². The van der Waals surface area contributed by atoms with E-state index in [1.54, 1.807) is 24.4 Å². The first-order valence-electron chi connectivity index (χ1n) is 7.79. The molecule has 4 aromatic rings. The lowest BCUT2D eigenvalue weighted by Gasteiger charge is -2.08. The number of thiazole rings is 1. The predicted molar refractivity (Wildman–Crippen MR) is 96.7 cm³/mol.